The van der Waals surface area contributed by atoms with Crippen LogP contribution in [0, 0.1) is 0 Å². The largest absolute Gasteiger partial charge is 0.455 e. The monoisotopic (exact) mass is 277 g/mol. The Kier molecular flexibility index (Phi) is 3.28. The first-order valence-corrected chi connectivity index (χ1v) is 6.57. The number of benzene rings is 1. The molecule has 0 aliphatic carbocycles. The van der Waals surface area contributed by atoms with Crippen molar-refractivity contribution in [2.24, 2.45) is 0 Å². The Bertz CT molecular complexity index is 810. The number of hydrogen-bond acceptors (Lipinski definition) is 4. The summed E-state index contributed by atoms with van der Waals surface area (Å²) >= 11 is 0. The molecule has 2 aromatic heterocycles. The van der Waals surface area contributed by atoms with Gasteiger partial charge in [-0.15, -0.1) is 0 Å². The van der Waals surface area contributed by atoms with Gasteiger partial charge in [-0.2, -0.15) is 0 Å². The van der Waals surface area contributed by atoms with Crippen molar-refractivity contribution in [2.75, 3.05) is 5.73 Å². The standard InChI is InChI=1S/C17H15N3O/c1-11(2)12-9-15-17(20-10-12)16(7-8-19-15)21-14-5-3-13(18)4-6-14/h3-10H,1,18H2,2H3. The van der Waals surface area contributed by atoms with Gasteiger partial charge in [0.15, 0.2) is 5.75 Å². The quantitative estimate of drug-likeness (QED) is 0.734. The highest BCUT2D eigenvalue weighted by molar-refractivity contribution is 5.83. The Morgan fingerprint density at radius 2 is 1.90 bits per heavy atom. The zero-order chi connectivity index (χ0) is 14.8. The lowest BCUT2D eigenvalue weighted by Gasteiger charge is -2.09. The van der Waals surface area contributed by atoms with Gasteiger partial charge >= 0.3 is 0 Å². The first kappa shape index (κ1) is 13.1. The summed E-state index contributed by atoms with van der Waals surface area (Å²) in [5.41, 5.74) is 9.80. The van der Waals surface area contributed by atoms with Gasteiger partial charge in [-0.3, -0.25) is 9.97 Å². The maximum absolute atomic E-state index is 5.87. The minimum Gasteiger partial charge on any atom is -0.455 e. The van der Waals surface area contributed by atoms with Crippen LogP contribution in [0.2, 0.25) is 0 Å². The van der Waals surface area contributed by atoms with E-state index in [2.05, 4.69) is 16.5 Å². The Hall–Kier alpha value is -2.88. The van der Waals surface area contributed by atoms with E-state index in [9.17, 15) is 0 Å². The van der Waals surface area contributed by atoms with Crippen molar-refractivity contribution in [3.63, 3.8) is 0 Å². The van der Waals surface area contributed by atoms with E-state index in [1.807, 2.05) is 25.1 Å². The number of ether oxygens (including phenoxy) is 1. The molecule has 3 aromatic rings. The Morgan fingerprint density at radius 1 is 1.14 bits per heavy atom. The number of allylic oxidation sites excluding steroid dienone is 1. The van der Waals surface area contributed by atoms with Crippen molar-refractivity contribution < 1.29 is 4.74 Å². The van der Waals surface area contributed by atoms with Crippen molar-refractivity contribution in [3.8, 4) is 11.5 Å². The van der Waals surface area contributed by atoms with Gasteiger partial charge in [0.1, 0.15) is 11.3 Å². The zero-order valence-corrected chi connectivity index (χ0v) is 11.7. The highest BCUT2D eigenvalue weighted by atomic mass is 16.5. The van der Waals surface area contributed by atoms with Gasteiger partial charge in [0.05, 0.1) is 5.52 Å². The van der Waals surface area contributed by atoms with E-state index >= 15 is 0 Å². The normalized spacial score (nSPS) is 10.5. The second-order valence-corrected chi connectivity index (χ2v) is 4.85. The highest BCUT2D eigenvalue weighted by Gasteiger charge is 2.07. The Morgan fingerprint density at radius 3 is 2.62 bits per heavy atom. The molecule has 0 saturated heterocycles. The van der Waals surface area contributed by atoms with Gasteiger partial charge in [-0.1, -0.05) is 6.58 Å². The molecule has 0 radical (unpaired) electrons. The molecule has 2 heterocycles. The zero-order valence-electron chi connectivity index (χ0n) is 11.7. The molecule has 0 bridgehead atoms. The van der Waals surface area contributed by atoms with Gasteiger partial charge in [-0.05, 0) is 48.4 Å². The molecule has 21 heavy (non-hydrogen) atoms. The molecule has 4 heteroatoms. The van der Waals surface area contributed by atoms with E-state index in [1.165, 1.54) is 0 Å². The van der Waals surface area contributed by atoms with Crippen molar-refractivity contribution in [1.82, 2.24) is 9.97 Å². The number of nitrogens with zero attached hydrogens (tertiary/aromatic N) is 2. The summed E-state index contributed by atoms with van der Waals surface area (Å²) in [5, 5.41) is 0. The highest BCUT2D eigenvalue weighted by Crippen LogP contribution is 2.28. The predicted molar refractivity (Wildman–Crippen MR) is 85.2 cm³/mol. The topological polar surface area (TPSA) is 61.0 Å². The third kappa shape index (κ3) is 2.69. The molecule has 104 valence electrons. The van der Waals surface area contributed by atoms with Crippen LogP contribution in [0.25, 0.3) is 16.6 Å². The second-order valence-electron chi connectivity index (χ2n) is 4.85. The van der Waals surface area contributed by atoms with E-state index in [1.54, 1.807) is 30.6 Å². The van der Waals surface area contributed by atoms with E-state index < -0.39 is 0 Å². The molecule has 0 saturated carbocycles. The van der Waals surface area contributed by atoms with Crippen LogP contribution in [0.5, 0.6) is 11.5 Å². The lowest BCUT2D eigenvalue weighted by molar-refractivity contribution is 0.487. The molecule has 0 atom stereocenters. The molecule has 0 unspecified atom stereocenters. The first-order valence-electron chi connectivity index (χ1n) is 6.57. The van der Waals surface area contributed by atoms with Crippen LogP contribution in [0.4, 0.5) is 5.69 Å². The van der Waals surface area contributed by atoms with Gasteiger partial charge in [0.2, 0.25) is 0 Å². The van der Waals surface area contributed by atoms with Crippen LogP contribution in [0.3, 0.4) is 0 Å². The summed E-state index contributed by atoms with van der Waals surface area (Å²) in [6.07, 6.45) is 3.49. The minimum absolute atomic E-state index is 0.665. The molecule has 0 fully saturated rings. The first-order chi connectivity index (χ1) is 10.1. The number of nitrogen functional groups attached to an aromatic ring is 1. The number of pyridine rings is 2. The Labute approximate surface area is 122 Å². The van der Waals surface area contributed by atoms with Gasteiger partial charge in [0, 0.05) is 24.1 Å². The summed E-state index contributed by atoms with van der Waals surface area (Å²) in [6, 6.07) is 11.0. The summed E-state index contributed by atoms with van der Waals surface area (Å²) in [4.78, 5) is 8.78. The van der Waals surface area contributed by atoms with E-state index in [-0.39, 0.29) is 0 Å². The average molecular weight is 277 g/mol. The molecule has 0 amide bonds. The molecule has 4 nitrogen and oxygen atoms in total. The number of anilines is 1. The van der Waals surface area contributed by atoms with E-state index in [4.69, 9.17) is 10.5 Å². The van der Waals surface area contributed by atoms with Crippen LogP contribution in [0.15, 0.2) is 55.4 Å². The van der Waals surface area contributed by atoms with Crippen LogP contribution in [-0.4, -0.2) is 9.97 Å². The van der Waals surface area contributed by atoms with Crippen LogP contribution < -0.4 is 10.5 Å². The Balaban J connectivity index is 2.02. The van der Waals surface area contributed by atoms with Crippen LogP contribution >= 0.6 is 0 Å². The summed E-state index contributed by atoms with van der Waals surface area (Å²) in [7, 11) is 0. The van der Waals surface area contributed by atoms with E-state index in [0.29, 0.717) is 17.2 Å². The van der Waals surface area contributed by atoms with Crippen LogP contribution in [-0.2, 0) is 0 Å². The molecule has 0 aliphatic rings. The molecular formula is C17H15N3O. The van der Waals surface area contributed by atoms with Gasteiger partial charge in [-0.25, -0.2) is 0 Å². The molecular weight excluding hydrogens is 262 g/mol. The van der Waals surface area contributed by atoms with Crippen molar-refractivity contribution in [2.45, 2.75) is 6.92 Å². The van der Waals surface area contributed by atoms with Crippen molar-refractivity contribution in [3.05, 3.63) is 60.9 Å². The second kappa shape index (κ2) is 5.25. The molecule has 1 aromatic carbocycles. The molecule has 3 rings (SSSR count). The lowest BCUT2D eigenvalue weighted by Crippen LogP contribution is -1.92. The molecule has 0 spiro atoms. The fraction of sp³-hybridized carbons (Fsp3) is 0.0588. The minimum atomic E-state index is 0.665. The SMILES string of the molecule is C=C(C)c1cnc2c(Oc3ccc(N)cc3)ccnc2c1. The maximum atomic E-state index is 5.87. The number of fused-ring (bicyclic) bond motifs is 1. The third-order valence-corrected chi connectivity index (χ3v) is 3.14. The third-order valence-electron chi connectivity index (χ3n) is 3.14. The van der Waals surface area contributed by atoms with E-state index in [0.717, 1.165) is 22.2 Å². The summed E-state index contributed by atoms with van der Waals surface area (Å²) in [6.45, 7) is 5.86. The van der Waals surface area contributed by atoms with Crippen molar-refractivity contribution >= 4 is 22.3 Å². The number of nitrogens with two attached hydrogens (primary N) is 1. The van der Waals surface area contributed by atoms with Crippen molar-refractivity contribution in [1.29, 1.82) is 0 Å². The fourth-order valence-corrected chi connectivity index (χ4v) is 1.98. The lowest BCUT2D eigenvalue weighted by atomic mass is 10.1. The predicted octanol–water partition coefficient (Wildman–Crippen LogP) is 4.04. The smallest absolute Gasteiger partial charge is 0.156 e. The fourth-order valence-electron chi connectivity index (χ4n) is 1.98. The summed E-state index contributed by atoms with van der Waals surface area (Å²) in [5.74, 6) is 1.38. The van der Waals surface area contributed by atoms with Crippen LogP contribution in [0.1, 0.15) is 12.5 Å². The molecule has 0 aliphatic heterocycles. The van der Waals surface area contributed by atoms with Gasteiger partial charge < -0.3 is 10.5 Å². The van der Waals surface area contributed by atoms with Gasteiger partial charge in [0.25, 0.3) is 0 Å². The molecule has 2 N–H and O–H groups in total. The summed E-state index contributed by atoms with van der Waals surface area (Å²) < 4.78 is 5.87. The average Bonchev–Trinajstić information content (AvgIpc) is 2.49. The number of rotatable bonds is 3. The number of aromatic nitrogens is 2. The maximum Gasteiger partial charge on any atom is 0.156 e. The number of hydrogen-bond donors (Lipinski definition) is 1.